The van der Waals surface area contributed by atoms with Gasteiger partial charge in [-0.25, -0.2) is 4.79 Å². The number of carbonyl (C=O) groups excluding carboxylic acids is 3. The van der Waals surface area contributed by atoms with Crippen molar-refractivity contribution < 1.29 is 83.3 Å². The molecule has 0 unspecified atom stereocenters. The van der Waals surface area contributed by atoms with Crippen LogP contribution >= 0.6 is 15.9 Å². The van der Waals surface area contributed by atoms with E-state index in [9.17, 15) is 14.4 Å². The third-order valence-corrected chi connectivity index (χ3v) is 7.37. The van der Waals surface area contributed by atoms with Crippen molar-refractivity contribution in [2.75, 3.05) is 55.4 Å². The van der Waals surface area contributed by atoms with Gasteiger partial charge in [-0.1, -0.05) is 0 Å². The van der Waals surface area contributed by atoms with Crippen molar-refractivity contribution in [3.05, 3.63) is 39.9 Å². The molecule has 0 atom stereocenters. The zero-order valence-corrected chi connectivity index (χ0v) is 29.7. The Morgan fingerprint density at radius 2 is 1.28 bits per heavy atom. The molecule has 0 saturated heterocycles. The monoisotopic (exact) mass is 678 g/mol. The SMILES string of the molecule is CCOC(=O)C(CCCCOc1ccc(C(=O)OC)cc1)(Cc1c(Br)c(OC)c(OC)c(OC)c1OC)C(=O)OCC.[H-].[Na+]. The molecule has 0 spiro atoms. The molecule has 0 bridgehead atoms. The van der Waals surface area contributed by atoms with Crippen molar-refractivity contribution in [1.29, 1.82) is 0 Å². The summed E-state index contributed by atoms with van der Waals surface area (Å²) in [7, 11) is 7.14. The Morgan fingerprint density at radius 3 is 1.74 bits per heavy atom. The van der Waals surface area contributed by atoms with E-state index in [2.05, 4.69) is 15.9 Å². The van der Waals surface area contributed by atoms with E-state index in [-0.39, 0.29) is 74.3 Å². The summed E-state index contributed by atoms with van der Waals surface area (Å²) < 4.78 is 44.2. The van der Waals surface area contributed by atoms with E-state index in [1.807, 2.05) is 0 Å². The van der Waals surface area contributed by atoms with Crippen molar-refractivity contribution in [1.82, 2.24) is 0 Å². The molecule has 0 amide bonds. The summed E-state index contributed by atoms with van der Waals surface area (Å²) >= 11 is 3.56. The Kier molecular flexibility index (Phi) is 16.8. The summed E-state index contributed by atoms with van der Waals surface area (Å²) in [6.07, 6.45) is 0.887. The van der Waals surface area contributed by atoms with Crippen LogP contribution in [0.4, 0.5) is 0 Å². The minimum Gasteiger partial charge on any atom is -1.00 e. The first-order chi connectivity index (χ1) is 20.2. The van der Waals surface area contributed by atoms with Gasteiger partial charge >= 0.3 is 47.5 Å². The van der Waals surface area contributed by atoms with Crippen LogP contribution < -0.4 is 53.2 Å². The number of methoxy groups -OCH3 is 5. The van der Waals surface area contributed by atoms with Crippen molar-refractivity contribution >= 4 is 33.8 Å². The normalized spacial score (nSPS) is 10.6. The van der Waals surface area contributed by atoms with Gasteiger partial charge < -0.3 is 39.3 Å². The average molecular weight is 680 g/mol. The van der Waals surface area contributed by atoms with E-state index in [0.29, 0.717) is 46.5 Å². The van der Waals surface area contributed by atoms with E-state index in [1.54, 1.807) is 38.1 Å². The first-order valence-electron chi connectivity index (χ1n) is 13.4. The van der Waals surface area contributed by atoms with Crippen LogP contribution in [0.2, 0.25) is 0 Å². The van der Waals surface area contributed by atoms with Gasteiger partial charge in [0.25, 0.3) is 0 Å². The number of ether oxygens (including phenoxy) is 8. The second kappa shape index (κ2) is 18.9. The molecule has 0 aliphatic rings. The maximum atomic E-state index is 13.6. The molecule has 0 N–H and O–H groups in total. The van der Waals surface area contributed by atoms with Crippen LogP contribution in [-0.2, 0) is 30.2 Å². The standard InChI is InChI=1S/C30H39BrO11.Na.H/c1-8-40-28(33)30(29(34)41-9-2,16-10-11-17-42-20-14-12-19(13-15-20)27(32)39-7)18-21-22(31)24(36-4)26(38-6)25(37-5)23(21)35-3;;/h12-15H,8-11,16-18H2,1-7H3;;/q;+1;-1. The summed E-state index contributed by atoms with van der Waals surface area (Å²) in [5, 5.41) is 0. The number of hydrogen-bond donors (Lipinski definition) is 0. The molecular formula is C30H40BrNaO11. The van der Waals surface area contributed by atoms with Gasteiger partial charge in [-0.2, -0.15) is 0 Å². The molecule has 2 aromatic carbocycles. The van der Waals surface area contributed by atoms with Gasteiger partial charge in [0.15, 0.2) is 16.9 Å². The first-order valence-corrected chi connectivity index (χ1v) is 14.2. The van der Waals surface area contributed by atoms with Gasteiger partial charge in [0.2, 0.25) is 11.5 Å². The summed E-state index contributed by atoms with van der Waals surface area (Å²) in [4.78, 5) is 38.8. The smallest absolute Gasteiger partial charge is 1.00 e. The first kappa shape index (κ1) is 38.4. The van der Waals surface area contributed by atoms with E-state index < -0.39 is 23.3 Å². The summed E-state index contributed by atoms with van der Waals surface area (Å²) in [6, 6.07) is 6.55. The Bertz CT molecular complexity index is 1210. The second-order valence-electron chi connectivity index (χ2n) is 8.95. The van der Waals surface area contributed by atoms with E-state index in [0.717, 1.165) is 0 Å². The molecule has 2 aromatic rings. The third-order valence-electron chi connectivity index (χ3n) is 6.53. The third kappa shape index (κ3) is 9.17. The van der Waals surface area contributed by atoms with E-state index >= 15 is 0 Å². The zero-order valence-electron chi connectivity index (χ0n) is 27.1. The molecular weight excluding hydrogens is 639 g/mol. The van der Waals surface area contributed by atoms with Crippen molar-refractivity contribution in [2.24, 2.45) is 5.41 Å². The Balaban J connectivity index is 0.00000924. The second-order valence-corrected chi connectivity index (χ2v) is 9.74. The van der Waals surface area contributed by atoms with Gasteiger partial charge in [0.05, 0.1) is 65.4 Å². The van der Waals surface area contributed by atoms with Crippen LogP contribution in [0.15, 0.2) is 28.7 Å². The number of hydrogen-bond acceptors (Lipinski definition) is 11. The zero-order chi connectivity index (χ0) is 31.3. The molecule has 2 rings (SSSR count). The molecule has 11 nitrogen and oxygen atoms in total. The molecule has 0 radical (unpaired) electrons. The number of esters is 3. The molecule has 0 fully saturated rings. The topological polar surface area (TPSA) is 125 Å². The summed E-state index contributed by atoms with van der Waals surface area (Å²) in [6.45, 7) is 3.78. The van der Waals surface area contributed by atoms with Gasteiger partial charge in [0, 0.05) is 12.0 Å². The molecule has 43 heavy (non-hydrogen) atoms. The molecule has 0 heterocycles. The van der Waals surface area contributed by atoms with Crippen LogP contribution in [0.5, 0.6) is 28.7 Å². The minimum absolute atomic E-state index is 0. The minimum atomic E-state index is -1.71. The number of benzene rings is 2. The van der Waals surface area contributed by atoms with E-state index in [4.69, 9.17) is 37.9 Å². The van der Waals surface area contributed by atoms with Crippen LogP contribution in [0.25, 0.3) is 0 Å². The van der Waals surface area contributed by atoms with Crippen molar-refractivity contribution in [3.8, 4) is 28.7 Å². The van der Waals surface area contributed by atoms with E-state index in [1.165, 1.54) is 35.5 Å². The molecule has 0 aliphatic carbocycles. The van der Waals surface area contributed by atoms with Gasteiger partial charge in [-0.15, -0.1) is 0 Å². The predicted octanol–water partition coefficient (Wildman–Crippen LogP) is 2.29. The van der Waals surface area contributed by atoms with Crippen molar-refractivity contribution in [2.45, 2.75) is 39.5 Å². The van der Waals surface area contributed by atoms with Gasteiger partial charge in [0.1, 0.15) is 5.75 Å². The molecule has 0 saturated carbocycles. The molecule has 234 valence electrons. The fourth-order valence-electron chi connectivity index (χ4n) is 4.49. The fraction of sp³-hybridized carbons (Fsp3) is 0.500. The number of halogens is 1. The number of rotatable bonds is 17. The maximum absolute atomic E-state index is 13.6. The molecule has 0 aromatic heterocycles. The van der Waals surface area contributed by atoms with Crippen LogP contribution in [0, 0.1) is 5.41 Å². The number of unbranched alkanes of at least 4 members (excludes halogenated alkanes) is 1. The quantitative estimate of drug-likeness (QED) is 0.0805. The Labute approximate surface area is 284 Å². The fourth-order valence-corrected chi connectivity index (χ4v) is 5.15. The van der Waals surface area contributed by atoms with Crippen LogP contribution in [0.1, 0.15) is 50.5 Å². The van der Waals surface area contributed by atoms with Gasteiger partial charge in [-0.3, -0.25) is 9.59 Å². The van der Waals surface area contributed by atoms with Crippen LogP contribution in [-0.4, -0.2) is 73.3 Å². The van der Waals surface area contributed by atoms with Crippen molar-refractivity contribution in [3.63, 3.8) is 0 Å². The number of carbonyl (C=O) groups is 3. The largest absolute Gasteiger partial charge is 1.00 e. The van der Waals surface area contributed by atoms with Gasteiger partial charge in [-0.05, 0) is 73.3 Å². The Hall–Kier alpha value is -2.67. The summed E-state index contributed by atoms with van der Waals surface area (Å²) in [5.74, 6) is -0.222. The van der Waals surface area contributed by atoms with Crippen LogP contribution in [0.3, 0.4) is 0 Å². The predicted molar refractivity (Wildman–Crippen MR) is 158 cm³/mol. The average Bonchev–Trinajstić information content (AvgIpc) is 3.00. The summed E-state index contributed by atoms with van der Waals surface area (Å²) in [5.41, 5.74) is -0.865. The molecule has 13 heteroatoms. The Morgan fingerprint density at radius 1 is 0.767 bits per heavy atom. The molecule has 0 aliphatic heterocycles. The maximum Gasteiger partial charge on any atom is 1.00 e.